The molecular weight excluding hydrogens is 260 g/mol. The fourth-order valence-electron chi connectivity index (χ4n) is 2.65. The molecule has 1 heterocycles. The van der Waals surface area contributed by atoms with E-state index in [1.54, 1.807) is 12.3 Å². The Hall–Kier alpha value is -1.09. The van der Waals surface area contributed by atoms with Crippen molar-refractivity contribution in [2.75, 3.05) is 0 Å². The highest BCUT2D eigenvalue weighted by Gasteiger charge is 2.23. The largest absolute Gasteiger partial charge is 0.349 e. The maximum atomic E-state index is 12.3. The molecule has 4 heteroatoms. The van der Waals surface area contributed by atoms with Crippen molar-refractivity contribution < 1.29 is 4.79 Å². The Morgan fingerprint density at radius 1 is 1.37 bits per heavy atom. The van der Waals surface area contributed by atoms with Gasteiger partial charge in [0.05, 0.1) is 10.6 Å². The summed E-state index contributed by atoms with van der Waals surface area (Å²) in [6.45, 7) is 4.08. The molecular formula is C15H21ClN2O. The van der Waals surface area contributed by atoms with Crippen molar-refractivity contribution in [3.05, 3.63) is 28.5 Å². The molecule has 0 aromatic carbocycles. The van der Waals surface area contributed by atoms with E-state index in [1.807, 2.05) is 6.92 Å². The van der Waals surface area contributed by atoms with Crippen LogP contribution in [0.4, 0.5) is 0 Å². The van der Waals surface area contributed by atoms with Gasteiger partial charge in [0.2, 0.25) is 0 Å². The van der Waals surface area contributed by atoms with E-state index in [2.05, 4.69) is 17.2 Å². The second-order valence-electron chi connectivity index (χ2n) is 5.50. The number of hydrogen-bond acceptors (Lipinski definition) is 2. The van der Waals surface area contributed by atoms with Crippen molar-refractivity contribution in [1.82, 2.24) is 10.3 Å². The van der Waals surface area contributed by atoms with Crippen LogP contribution in [0.25, 0.3) is 0 Å². The number of nitrogens with zero attached hydrogens (tertiary/aromatic N) is 1. The second kappa shape index (κ2) is 6.38. The molecule has 2 rings (SSSR count). The average Bonchev–Trinajstić information content (AvgIpc) is 2.55. The van der Waals surface area contributed by atoms with Gasteiger partial charge in [-0.1, -0.05) is 37.8 Å². The molecule has 19 heavy (non-hydrogen) atoms. The fourth-order valence-corrected chi connectivity index (χ4v) is 2.94. The summed E-state index contributed by atoms with van der Waals surface area (Å²) in [5, 5.41) is 3.60. The Bertz CT molecular complexity index is 461. The van der Waals surface area contributed by atoms with E-state index in [4.69, 9.17) is 11.6 Å². The number of amides is 1. The van der Waals surface area contributed by atoms with Gasteiger partial charge in [0.15, 0.2) is 0 Å². The molecule has 1 aromatic heterocycles. The Morgan fingerprint density at radius 3 is 2.84 bits per heavy atom. The third-order valence-corrected chi connectivity index (χ3v) is 4.23. The molecule has 1 aliphatic rings. The monoisotopic (exact) mass is 280 g/mol. The second-order valence-corrected chi connectivity index (χ2v) is 5.91. The highest BCUT2D eigenvalue weighted by atomic mass is 35.5. The van der Waals surface area contributed by atoms with Crippen molar-refractivity contribution in [1.29, 1.82) is 0 Å². The third-order valence-electron chi connectivity index (χ3n) is 3.91. The standard InChI is InChI=1S/C15H21ClN2O/c1-10-6-4-3-5-7-14(10)18-15(19)12-9-17-11(2)8-13(12)16/h8-10,14H,3-7H2,1-2H3,(H,18,19). The number of halogens is 1. The SMILES string of the molecule is Cc1cc(Cl)c(C(=O)NC2CCCCCC2C)cn1. The smallest absolute Gasteiger partial charge is 0.254 e. The molecule has 1 N–H and O–H groups in total. The highest BCUT2D eigenvalue weighted by Crippen LogP contribution is 2.24. The molecule has 2 atom stereocenters. The maximum absolute atomic E-state index is 12.3. The zero-order valence-corrected chi connectivity index (χ0v) is 12.3. The molecule has 3 nitrogen and oxygen atoms in total. The zero-order valence-electron chi connectivity index (χ0n) is 11.6. The molecule has 0 radical (unpaired) electrons. The lowest BCUT2D eigenvalue weighted by atomic mass is 9.96. The van der Waals surface area contributed by atoms with Crippen molar-refractivity contribution >= 4 is 17.5 Å². The summed E-state index contributed by atoms with van der Waals surface area (Å²) in [6.07, 6.45) is 7.53. The van der Waals surface area contributed by atoms with Crippen LogP contribution < -0.4 is 5.32 Å². The molecule has 0 saturated heterocycles. The number of rotatable bonds is 2. The van der Waals surface area contributed by atoms with Crippen molar-refractivity contribution in [2.45, 2.75) is 52.0 Å². The van der Waals surface area contributed by atoms with Crippen LogP contribution >= 0.6 is 11.6 Å². The molecule has 0 spiro atoms. The number of hydrogen-bond donors (Lipinski definition) is 1. The lowest BCUT2D eigenvalue weighted by Gasteiger charge is -2.23. The molecule has 1 aliphatic carbocycles. The first kappa shape index (κ1) is 14.3. The normalized spacial score (nSPS) is 23.7. The van der Waals surface area contributed by atoms with Gasteiger partial charge in [0, 0.05) is 17.9 Å². The lowest BCUT2D eigenvalue weighted by Crippen LogP contribution is -2.39. The minimum atomic E-state index is -0.101. The Balaban J connectivity index is 2.07. The van der Waals surface area contributed by atoms with Gasteiger partial charge in [-0.15, -0.1) is 0 Å². The van der Waals surface area contributed by atoms with Crippen LogP contribution in [0, 0.1) is 12.8 Å². The van der Waals surface area contributed by atoms with Crippen LogP contribution in [0.15, 0.2) is 12.3 Å². The molecule has 1 aromatic rings. The summed E-state index contributed by atoms with van der Waals surface area (Å²) >= 11 is 6.11. The van der Waals surface area contributed by atoms with Crippen molar-refractivity contribution in [3.63, 3.8) is 0 Å². The molecule has 2 unspecified atom stereocenters. The first-order chi connectivity index (χ1) is 9.08. The topological polar surface area (TPSA) is 42.0 Å². The van der Waals surface area contributed by atoms with Gasteiger partial charge in [-0.25, -0.2) is 0 Å². The van der Waals surface area contributed by atoms with E-state index in [-0.39, 0.29) is 11.9 Å². The van der Waals surface area contributed by atoms with Crippen molar-refractivity contribution in [3.8, 4) is 0 Å². The number of carbonyl (C=O) groups is 1. The minimum Gasteiger partial charge on any atom is -0.349 e. The van der Waals surface area contributed by atoms with Crippen molar-refractivity contribution in [2.24, 2.45) is 5.92 Å². The summed E-state index contributed by atoms with van der Waals surface area (Å²) in [6, 6.07) is 1.99. The highest BCUT2D eigenvalue weighted by molar-refractivity contribution is 6.33. The predicted molar refractivity (Wildman–Crippen MR) is 77.5 cm³/mol. The first-order valence-electron chi connectivity index (χ1n) is 7.01. The van der Waals surface area contributed by atoms with Gasteiger partial charge in [0.1, 0.15) is 0 Å². The summed E-state index contributed by atoms with van der Waals surface area (Å²) < 4.78 is 0. The van der Waals surface area contributed by atoms with E-state index >= 15 is 0 Å². The van der Waals surface area contributed by atoms with Crippen LogP contribution in [0.5, 0.6) is 0 Å². The van der Waals surface area contributed by atoms with E-state index in [1.165, 1.54) is 25.7 Å². The summed E-state index contributed by atoms with van der Waals surface area (Å²) in [7, 11) is 0. The number of pyridine rings is 1. The number of aryl methyl sites for hydroxylation is 1. The summed E-state index contributed by atoms with van der Waals surface area (Å²) in [5.74, 6) is 0.430. The van der Waals surface area contributed by atoms with E-state index < -0.39 is 0 Å². The first-order valence-corrected chi connectivity index (χ1v) is 7.38. The molecule has 1 saturated carbocycles. The fraction of sp³-hybridized carbons (Fsp3) is 0.600. The number of carbonyl (C=O) groups excluding carboxylic acids is 1. The van der Waals surface area contributed by atoms with Crippen LogP contribution in [0.1, 0.15) is 55.1 Å². The quantitative estimate of drug-likeness (QED) is 0.839. The molecule has 1 fully saturated rings. The van der Waals surface area contributed by atoms with Crippen LogP contribution in [-0.4, -0.2) is 16.9 Å². The number of nitrogens with one attached hydrogen (secondary N) is 1. The van der Waals surface area contributed by atoms with E-state index in [0.29, 0.717) is 16.5 Å². The van der Waals surface area contributed by atoms with Gasteiger partial charge < -0.3 is 5.32 Å². The Kier molecular flexibility index (Phi) is 4.81. The van der Waals surface area contributed by atoms with E-state index in [9.17, 15) is 4.79 Å². The zero-order chi connectivity index (χ0) is 13.8. The van der Waals surface area contributed by atoms with Gasteiger partial charge in [-0.05, 0) is 31.7 Å². The molecule has 1 amide bonds. The molecule has 0 aliphatic heterocycles. The van der Waals surface area contributed by atoms with E-state index in [0.717, 1.165) is 12.1 Å². The van der Waals surface area contributed by atoms with Crippen LogP contribution in [0.2, 0.25) is 5.02 Å². The van der Waals surface area contributed by atoms with Gasteiger partial charge in [-0.3, -0.25) is 9.78 Å². The third kappa shape index (κ3) is 3.69. The summed E-state index contributed by atoms with van der Waals surface area (Å²) in [4.78, 5) is 16.4. The summed E-state index contributed by atoms with van der Waals surface area (Å²) in [5.41, 5.74) is 1.30. The Morgan fingerprint density at radius 2 is 2.11 bits per heavy atom. The number of aromatic nitrogens is 1. The lowest BCUT2D eigenvalue weighted by molar-refractivity contribution is 0.0921. The van der Waals surface area contributed by atoms with Gasteiger partial charge in [0.25, 0.3) is 5.91 Å². The van der Waals surface area contributed by atoms with Crippen LogP contribution in [-0.2, 0) is 0 Å². The van der Waals surface area contributed by atoms with Crippen LogP contribution in [0.3, 0.4) is 0 Å². The van der Waals surface area contributed by atoms with Gasteiger partial charge >= 0.3 is 0 Å². The Labute approximate surface area is 119 Å². The maximum Gasteiger partial charge on any atom is 0.254 e. The minimum absolute atomic E-state index is 0.101. The molecule has 104 valence electrons. The predicted octanol–water partition coefficient (Wildman–Crippen LogP) is 3.74. The molecule has 0 bridgehead atoms. The average molecular weight is 281 g/mol. The van der Waals surface area contributed by atoms with Gasteiger partial charge in [-0.2, -0.15) is 0 Å².